The van der Waals surface area contributed by atoms with E-state index in [1.165, 1.54) is 4.31 Å². The number of hydrogen-bond acceptors (Lipinski definition) is 6. The summed E-state index contributed by atoms with van der Waals surface area (Å²) in [7, 11) is -3.56. The van der Waals surface area contributed by atoms with E-state index in [0.717, 1.165) is 36.3 Å². The molecule has 27 heavy (non-hydrogen) atoms. The Morgan fingerprint density at radius 2 is 2.07 bits per heavy atom. The molecule has 1 aromatic heterocycles. The zero-order valence-corrected chi connectivity index (χ0v) is 16.3. The fraction of sp³-hybridized carbons (Fsp3) is 0.474. The second-order valence-corrected chi connectivity index (χ2v) is 8.95. The third-order valence-electron chi connectivity index (χ3n) is 4.87. The van der Waals surface area contributed by atoms with Crippen LogP contribution in [-0.2, 0) is 16.4 Å². The molecule has 1 saturated heterocycles. The predicted octanol–water partition coefficient (Wildman–Crippen LogP) is 2.26. The van der Waals surface area contributed by atoms with Gasteiger partial charge in [0.1, 0.15) is 17.7 Å². The highest BCUT2D eigenvalue weighted by Crippen LogP contribution is 2.30. The predicted molar refractivity (Wildman–Crippen MR) is 99.6 cm³/mol. The van der Waals surface area contributed by atoms with Crippen molar-refractivity contribution in [1.29, 1.82) is 0 Å². The van der Waals surface area contributed by atoms with Crippen molar-refractivity contribution < 1.29 is 17.9 Å². The lowest BCUT2D eigenvalue weighted by atomic mass is 10.1. The van der Waals surface area contributed by atoms with Crippen LogP contribution in [0.2, 0.25) is 0 Å². The van der Waals surface area contributed by atoms with Crippen molar-refractivity contribution in [2.24, 2.45) is 0 Å². The van der Waals surface area contributed by atoms with E-state index in [1.807, 2.05) is 13.8 Å². The SMILES string of the molecule is Cc1cc(OC2CCCN(S(=O)(=O)c3ccc4c(c3)CCO4)C2)nc(C)n1. The van der Waals surface area contributed by atoms with Gasteiger partial charge in [0, 0.05) is 24.7 Å². The number of hydrogen-bond donors (Lipinski definition) is 0. The van der Waals surface area contributed by atoms with Crippen molar-refractivity contribution in [1.82, 2.24) is 14.3 Å². The van der Waals surface area contributed by atoms with Crippen LogP contribution in [0.1, 0.15) is 29.9 Å². The number of aryl methyl sites for hydroxylation is 2. The van der Waals surface area contributed by atoms with Gasteiger partial charge in [0.25, 0.3) is 0 Å². The standard InChI is InChI=1S/C19H23N3O4S/c1-13-10-19(21-14(2)20-13)26-16-4-3-8-22(12-16)27(23,24)17-5-6-18-15(11-17)7-9-25-18/h5-6,10-11,16H,3-4,7-9,12H2,1-2H3. The Balaban J connectivity index is 1.51. The second-order valence-electron chi connectivity index (χ2n) is 7.01. The molecule has 0 amide bonds. The Labute approximate surface area is 159 Å². The first-order valence-corrected chi connectivity index (χ1v) is 10.6. The van der Waals surface area contributed by atoms with Crippen LogP contribution in [0, 0.1) is 13.8 Å². The summed E-state index contributed by atoms with van der Waals surface area (Å²) in [6, 6.07) is 6.89. The van der Waals surface area contributed by atoms with Gasteiger partial charge in [-0.3, -0.25) is 0 Å². The molecule has 8 heteroatoms. The number of benzene rings is 1. The van der Waals surface area contributed by atoms with Gasteiger partial charge in [-0.1, -0.05) is 0 Å². The van der Waals surface area contributed by atoms with E-state index in [2.05, 4.69) is 9.97 Å². The molecule has 0 radical (unpaired) electrons. The summed E-state index contributed by atoms with van der Waals surface area (Å²) in [6.07, 6.45) is 2.07. The zero-order chi connectivity index (χ0) is 19.0. The maximum atomic E-state index is 13.1. The summed E-state index contributed by atoms with van der Waals surface area (Å²) in [4.78, 5) is 8.86. The number of fused-ring (bicyclic) bond motifs is 1. The number of piperidine rings is 1. The molecule has 2 aromatic rings. The summed E-state index contributed by atoms with van der Waals surface area (Å²) < 4.78 is 39.2. The molecule has 2 aliphatic heterocycles. The highest BCUT2D eigenvalue weighted by molar-refractivity contribution is 7.89. The molecule has 0 bridgehead atoms. The minimum atomic E-state index is -3.56. The lowest BCUT2D eigenvalue weighted by Gasteiger charge is -2.32. The van der Waals surface area contributed by atoms with Crippen LogP contribution in [0.4, 0.5) is 0 Å². The van der Waals surface area contributed by atoms with Crippen LogP contribution >= 0.6 is 0 Å². The van der Waals surface area contributed by atoms with Crippen molar-refractivity contribution in [3.05, 3.63) is 41.3 Å². The van der Waals surface area contributed by atoms with E-state index in [1.54, 1.807) is 24.3 Å². The third kappa shape index (κ3) is 3.77. The zero-order valence-electron chi connectivity index (χ0n) is 15.5. The van der Waals surface area contributed by atoms with Gasteiger partial charge in [0.05, 0.1) is 18.0 Å². The van der Waals surface area contributed by atoms with Gasteiger partial charge in [0.15, 0.2) is 0 Å². The van der Waals surface area contributed by atoms with Crippen molar-refractivity contribution in [2.45, 2.75) is 44.1 Å². The highest BCUT2D eigenvalue weighted by atomic mass is 32.2. The molecule has 1 aromatic carbocycles. The molecular weight excluding hydrogens is 366 g/mol. The summed E-state index contributed by atoms with van der Waals surface area (Å²) in [5.74, 6) is 1.92. The molecule has 0 N–H and O–H groups in total. The van der Waals surface area contributed by atoms with Gasteiger partial charge in [-0.2, -0.15) is 9.29 Å². The number of nitrogens with zero attached hydrogens (tertiary/aromatic N) is 3. The summed E-state index contributed by atoms with van der Waals surface area (Å²) >= 11 is 0. The van der Waals surface area contributed by atoms with Crippen LogP contribution < -0.4 is 9.47 Å². The minimum Gasteiger partial charge on any atom is -0.493 e. The molecule has 3 heterocycles. The first-order chi connectivity index (χ1) is 12.9. The Hall–Kier alpha value is -2.19. The Kier molecular flexibility index (Phi) is 4.77. The smallest absolute Gasteiger partial charge is 0.243 e. The third-order valence-corrected chi connectivity index (χ3v) is 6.73. The van der Waals surface area contributed by atoms with Crippen molar-refractivity contribution in [3.8, 4) is 11.6 Å². The minimum absolute atomic E-state index is 0.222. The Morgan fingerprint density at radius 3 is 2.89 bits per heavy atom. The van der Waals surface area contributed by atoms with Crippen LogP contribution in [0.5, 0.6) is 11.6 Å². The molecule has 0 aliphatic carbocycles. The van der Waals surface area contributed by atoms with Crippen LogP contribution in [0.3, 0.4) is 0 Å². The fourth-order valence-corrected chi connectivity index (χ4v) is 5.17. The number of ether oxygens (including phenoxy) is 2. The summed E-state index contributed by atoms with van der Waals surface area (Å²) in [6.45, 7) is 5.12. The van der Waals surface area contributed by atoms with E-state index in [0.29, 0.717) is 36.3 Å². The van der Waals surface area contributed by atoms with Crippen molar-refractivity contribution in [2.75, 3.05) is 19.7 Å². The molecule has 0 saturated carbocycles. The lowest BCUT2D eigenvalue weighted by Crippen LogP contribution is -2.44. The lowest BCUT2D eigenvalue weighted by molar-refractivity contribution is 0.124. The molecule has 144 valence electrons. The monoisotopic (exact) mass is 389 g/mol. The molecule has 1 fully saturated rings. The first-order valence-electron chi connectivity index (χ1n) is 9.16. The van der Waals surface area contributed by atoms with Gasteiger partial charge < -0.3 is 9.47 Å². The number of rotatable bonds is 4. The van der Waals surface area contributed by atoms with Gasteiger partial charge in [-0.05, 0) is 50.5 Å². The normalized spacial score (nSPS) is 20.1. The van der Waals surface area contributed by atoms with E-state index in [4.69, 9.17) is 9.47 Å². The van der Waals surface area contributed by atoms with Crippen LogP contribution in [0.25, 0.3) is 0 Å². The van der Waals surface area contributed by atoms with Gasteiger partial charge >= 0.3 is 0 Å². The summed E-state index contributed by atoms with van der Waals surface area (Å²) in [5, 5.41) is 0. The van der Waals surface area contributed by atoms with Gasteiger partial charge in [-0.15, -0.1) is 0 Å². The number of sulfonamides is 1. The van der Waals surface area contributed by atoms with Gasteiger partial charge in [0.2, 0.25) is 15.9 Å². The quantitative estimate of drug-likeness (QED) is 0.798. The van der Waals surface area contributed by atoms with E-state index in [9.17, 15) is 8.42 Å². The largest absolute Gasteiger partial charge is 0.493 e. The highest BCUT2D eigenvalue weighted by Gasteiger charge is 2.32. The topological polar surface area (TPSA) is 81.6 Å². The van der Waals surface area contributed by atoms with Crippen molar-refractivity contribution >= 4 is 10.0 Å². The molecule has 1 unspecified atom stereocenters. The van der Waals surface area contributed by atoms with Crippen molar-refractivity contribution in [3.63, 3.8) is 0 Å². The molecule has 1 atom stereocenters. The van der Waals surface area contributed by atoms with E-state index < -0.39 is 10.0 Å². The van der Waals surface area contributed by atoms with Crippen LogP contribution in [-0.4, -0.2) is 48.5 Å². The van der Waals surface area contributed by atoms with Crippen LogP contribution in [0.15, 0.2) is 29.2 Å². The first kappa shape index (κ1) is 18.2. The maximum Gasteiger partial charge on any atom is 0.243 e. The fourth-order valence-electron chi connectivity index (χ4n) is 3.61. The number of aromatic nitrogens is 2. The molecular formula is C19H23N3O4S. The maximum absolute atomic E-state index is 13.1. The average molecular weight is 389 g/mol. The molecule has 0 spiro atoms. The molecule has 7 nitrogen and oxygen atoms in total. The molecule has 4 rings (SSSR count). The van der Waals surface area contributed by atoms with Gasteiger partial charge in [-0.25, -0.2) is 13.4 Å². The van der Waals surface area contributed by atoms with E-state index >= 15 is 0 Å². The second kappa shape index (κ2) is 7.09. The Bertz CT molecular complexity index is 941. The Morgan fingerprint density at radius 1 is 1.22 bits per heavy atom. The average Bonchev–Trinajstić information content (AvgIpc) is 3.09. The molecule has 2 aliphatic rings. The summed E-state index contributed by atoms with van der Waals surface area (Å²) in [5.41, 5.74) is 1.78. The van der Waals surface area contributed by atoms with E-state index in [-0.39, 0.29) is 6.10 Å².